The van der Waals surface area contributed by atoms with Crippen molar-refractivity contribution < 1.29 is 33.1 Å². The van der Waals surface area contributed by atoms with Gasteiger partial charge in [0.2, 0.25) is 0 Å². The molecule has 0 amide bonds. The topological polar surface area (TPSA) is 88.1 Å². The molecule has 2 rings (SSSR count). The highest BCUT2D eigenvalue weighted by Gasteiger charge is 2.35. The summed E-state index contributed by atoms with van der Waals surface area (Å²) in [6.45, 7) is 2.13. The molecule has 2 unspecified atom stereocenters. The number of benzene rings is 2. The van der Waals surface area contributed by atoms with E-state index in [1.165, 1.54) is 30.4 Å². The molecule has 0 fully saturated rings. The maximum absolute atomic E-state index is 13.4. The zero-order chi connectivity index (χ0) is 21.8. The summed E-state index contributed by atoms with van der Waals surface area (Å²) in [4.78, 5) is 26.1. The van der Waals surface area contributed by atoms with Gasteiger partial charge in [-0.25, -0.2) is 0 Å². The molecule has 2 aromatic carbocycles. The van der Waals surface area contributed by atoms with Crippen molar-refractivity contribution in [2.75, 3.05) is 27.9 Å². The number of ether oxygens (including phenoxy) is 4. The van der Waals surface area contributed by atoms with Crippen molar-refractivity contribution in [2.24, 2.45) is 0 Å². The van der Waals surface area contributed by atoms with Gasteiger partial charge in [0.15, 0.2) is 5.78 Å². The Bertz CT molecular complexity index is 783. The lowest BCUT2D eigenvalue weighted by molar-refractivity contribution is -0.144. The Kier molecular flexibility index (Phi) is 10.4. The van der Waals surface area contributed by atoms with E-state index in [1.807, 2.05) is 13.0 Å². The molecular weight excluding hydrogens is 395 g/mol. The van der Waals surface area contributed by atoms with Crippen LogP contribution in [-0.2, 0) is 14.1 Å². The van der Waals surface area contributed by atoms with Gasteiger partial charge in [-0.05, 0) is 12.0 Å². The second-order valence-electron chi connectivity index (χ2n) is 5.78. The van der Waals surface area contributed by atoms with Crippen LogP contribution in [0.3, 0.4) is 0 Å². The predicted octanol–water partition coefficient (Wildman–Crippen LogP) is 3.84. The molecule has 0 heterocycles. The van der Waals surface area contributed by atoms with E-state index in [4.69, 9.17) is 23.5 Å². The minimum Gasteiger partial charge on any atom is -0.496 e. The summed E-state index contributed by atoms with van der Waals surface area (Å²) in [6.07, 6.45) is 0.663. The van der Waals surface area contributed by atoms with Crippen LogP contribution < -0.4 is 14.2 Å². The average molecular weight is 421 g/mol. The lowest BCUT2D eigenvalue weighted by Gasteiger charge is -2.19. The molecule has 0 aliphatic rings. The van der Waals surface area contributed by atoms with Crippen molar-refractivity contribution in [1.29, 1.82) is 0 Å². The standard InChI is InChI=1S/C21H24O6.H2OP/c1-5-11-27-21(23)18(14-9-7-6-8-10-14)20(22)19-16(25-3)12-15(24-2)13-17(19)26-4;1-2/h6-10,12-13,18H,5,11H2,1-4H3;2H2/q;+1. The number of ketones is 1. The molecule has 0 aliphatic heterocycles. The van der Waals surface area contributed by atoms with Crippen LogP contribution in [-0.4, -0.2) is 39.7 Å². The van der Waals surface area contributed by atoms with Gasteiger partial charge in [-0.3, -0.25) is 9.59 Å². The number of Topliss-reactive ketones (excluding diaryl/α,β-unsaturated/α-hetero) is 1. The first-order chi connectivity index (χ1) is 14.1. The Morgan fingerprint density at radius 2 is 1.48 bits per heavy atom. The van der Waals surface area contributed by atoms with Gasteiger partial charge in [-0.15, -0.1) is 0 Å². The second kappa shape index (κ2) is 12.5. The number of carbonyl (C=O) groups excluding carboxylic acids is 2. The fourth-order valence-corrected chi connectivity index (χ4v) is 2.72. The van der Waals surface area contributed by atoms with E-state index >= 15 is 0 Å². The summed E-state index contributed by atoms with van der Waals surface area (Å²) in [5.41, 5.74) is 0.714. The van der Waals surface area contributed by atoms with Crippen molar-refractivity contribution >= 4 is 20.9 Å². The van der Waals surface area contributed by atoms with Crippen molar-refractivity contribution in [1.82, 2.24) is 0 Å². The number of methoxy groups -OCH3 is 3. The van der Waals surface area contributed by atoms with Gasteiger partial charge >= 0.3 is 15.1 Å². The first-order valence-electron chi connectivity index (χ1n) is 8.86. The predicted molar refractivity (Wildman–Crippen MR) is 111 cm³/mol. The van der Waals surface area contributed by atoms with E-state index in [1.54, 1.807) is 36.4 Å². The van der Waals surface area contributed by atoms with Crippen LogP contribution in [0.25, 0.3) is 0 Å². The minimum absolute atomic E-state index is 0.170. The molecular formula is C21H26O7P+. The van der Waals surface area contributed by atoms with Crippen LogP contribution in [0, 0.1) is 0 Å². The van der Waals surface area contributed by atoms with Crippen LogP contribution in [0.2, 0.25) is 0 Å². The van der Waals surface area contributed by atoms with Crippen LogP contribution >= 0.6 is 9.12 Å². The number of hydrogen-bond donors (Lipinski definition) is 0. The summed E-state index contributed by atoms with van der Waals surface area (Å²) < 4.78 is 29.4. The lowest BCUT2D eigenvalue weighted by atomic mass is 9.89. The molecule has 29 heavy (non-hydrogen) atoms. The lowest BCUT2D eigenvalue weighted by Crippen LogP contribution is -2.25. The van der Waals surface area contributed by atoms with Gasteiger partial charge < -0.3 is 18.9 Å². The van der Waals surface area contributed by atoms with E-state index in [9.17, 15) is 9.59 Å². The monoisotopic (exact) mass is 421 g/mol. The molecule has 0 bridgehead atoms. The number of rotatable bonds is 9. The molecule has 0 saturated heterocycles. The molecule has 7 nitrogen and oxygen atoms in total. The third-order valence-corrected chi connectivity index (χ3v) is 4.04. The highest BCUT2D eigenvalue weighted by Crippen LogP contribution is 2.37. The van der Waals surface area contributed by atoms with Crippen LogP contribution in [0.15, 0.2) is 42.5 Å². The molecule has 8 heteroatoms. The number of hydrogen-bond acceptors (Lipinski definition) is 7. The van der Waals surface area contributed by atoms with E-state index < -0.39 is 17.7 Å². The molecule has 2 aromatic rings. The van der Waals surface area contributed by atoms with E-state index in [0.29, 0.717) is 17.7 Å². The normalized spacial score (nSPS) is 10.8. The highest BCUT2D eigenvalue weighted by atomic mass is 31.0. The van der Waals surface area contributed by atoms with Crippen molar-refractivity contribution in [3.63, 3.8) is 0 Å². The van der Waals surface area contributed by atoms with Crippen molar-refractivity contribution in [3.8, 4) is 17.2 Å². The fourth-order valence-electron chi connectivity index (χ4n) is 2.72. The first-order valence-corrected chi connectivity index (χ1v) is 9.33. The SMILES string of the molecule is CCCOC(=O)C(C(=O)c1c(OC)cc(OC)cc1OC)c1ccccc1.O=[PH2+]. The molecule has 156 valence electrons. The third-order valence-electron chi connectivity index (χ3n) is 4.04. The number of carbonyl (C=O) groups is 2. The van der Waals surface area contributed by atoms with Gasteiger partial charge in [0.05, 0.1) is 27.9 Å². The Balaban J connectivity index is 0.00000204. The molecule has 0 aliphatic carbocycles. The largest absolute Gasteiger partial charge is 0.496 e. The van der Waals surface area contributed by atoms with E-state index in [0.717, 1.165) is 0 Å². The number of esters is 1. The summed E-state index contributed by atoms with van der Waals surface area (Å²) in [7, 11) is 5.56. The highest BCUT2D eigenvalue weighted by molar-refractivity contribution is 7.00. The summed E-state index contributed by atoms with van der Waals surface area (Å²) in [5.74, 6) is -1.17. The first kappa shape index (κ1) is 24.1. The third kappa shape index (κ3) is 6.03. The smallest absolute Gasteiger partial charge is 0.321 e. The summed E-state index contributed by atoms with van der Waals surface area (Å²) >= 11 is 0. The van der Waals surface area contributed by atoms with E-state index in [2.05, 4.69) is 0 Å². The quantitative estimate of drug-likeness (QED) is 0.263. The van der Waals surface area contributed by atoms with E-state index in [-0.39, 0.29) is 23.7 Å². The average Bonchev–Trinajstić information content (AvgIpc) is 2.78. The zero-order valence-corrected chi connectivity index (χ0v) is 18.1. The Morgan fingerprint density at radius 1 is 0.931 bits per heavy atom. The van der Waals surface area contributed by atoms with Crippen molar-refractivity contribution in [3.05, 3.63) is 53.6 Å². The molecule has 0 N–H and O–H groups in total. The van der Waals surface area contributed by atoms with Gasteiger partial charge in [-0.1, -0.05) is 41.8 Å². The molecule has 0 aromatic heterocycles. The van der Waals surface area contributed by atoms with Crippen molar-refractivity contribution in [2.45, 2.75) is 19.3 Å². The fraction of sp³-hybridized carbons (Fsp3) is 0.333. The van der Waals surface area contributed by atoms with Crippen LogP contribution in [0.1, 0.15) is 35.2 Å². The Morgan fingerprint density at radius 3 is 1.93 bits per heavy atom. The van der Waals surface area contributed by atoms with Gasteiger partial charge in [0, 0.05) is 12.1 Å². The van der Waals surface area contributed by atoms with Crippen LogP contribution in [0.4, 0.5) is 0 Å². The Labute approximate surface area is 172 Å². The Hall–Kier alpha value is -2.92. The zero-order valence-electron chi connectivity index (χ0n) is 17.0. The maximum atomic E-state index is 13.4. The molecule has 0 spiro atoms. The second-order valence-corrected chi connectivity index (χ2v) is 5.78. The van der Waals surface area contributed by atoms with Gasteiger partial charge in [-0.2, -0.15) is 0 Å². The minimum atomic E-state index is -1.12. The molecule has 2 atom stereocenters. The molecule has 0 radical (unpaired) electrons. The summed E-state index contributed by atoms with van der Waals surface area (Å²) in [6, 6.07) is 12.0. The van der Waals surface area contributed by atoms with Crippen LogP contribution in [0.5, 0.6) is 17.2 Å². The van der Waals surface area contributed by atoms with Gasteiger partial charge in [0.25, 0.3) is 0 Å². The maximum Gasteiger partial charge on any atom is 0.321 e. The van der Waals surface area contributed by atoms with Gasteiger partial charge in [0.1, 0.15) is 28.7 Å². The molecule has 0 saturated carbocycles. The summed E-state index contributed by atoms with van der Waals surface area (Å²) in [5, 5.41) is 0.